The van der Waals surface area contributed by atoms with Crippen LogP contribution in [0.15, 0.2) is 0 Å². The zero-order chi connectivity index (χ0) is 9.97. The summed E-state index contributed by atoms with van der Waals surface area (Å²) >= 11 is 5.73. The van der Waals surface area contributed by atoms with Crippen molar-refractivity contribution in [2.75, 3.05) is 13.1 Å². The first kappa shape index (κ1) is 9.93. The second-order valence-electron chi connectivity index (χ2n) is 3.82. The first-order chi connectivity index (χ1) is 6.75. The molecule has 1 aliphatic heterocycles. The van der Waals surface area contributed by atoms with Gasteiger partial charge in [-0.25, -0.2) is 4.98 Å². The molecule has 0 aromatic carbocycles. The third kappa shape index (κ3) is 2.25. The van der Waals surface area contributed by atoms with Crippen molar-refractivity contribution in [1.29, 1.82) is 0 Å². The highest BCUT2D eigenvalue weighted by atomic mass is 35.5. The largest absolute Gasteiger partial charge is 0.317 e. The van der Waals surface area contributed by atoms with Gasteiger partial charge < -0.3 is 5.32 Å². The van der Waals surface area contributed by atoms with Crippen molar-refractivity contribution in [3.8, 4) is 0 Å². The molecule has 0 aliphatic carbocycles. The molecule has 1 fully saturated rings. The van der Waals surface area contributed by atoms with Crippen LogP contribution in [0.5, 0.6) is 0 Å². The monoisotopic (exact) mass is 214 g/mol. The lowest BCUT2D eigenvalue weighted by Crippen LogP contribution is -2.29. The van der Waals surface area contributed by atoms with E-state index in [1.54, 1.807) is 4.68 Å². The molecular formula is C9H15ClN4. The minimum absolute atomic E-state index is 0.358. The molecule has 14 heavy (non-hydrogen) atoms. The van der Waals surface area contributed by atoms with E-state index in [2.05, 4.69) is 15.4 Å². The summed E-state index contributed by atoms with van der Waals surface area (Å²) in [4.78, 5) is 4.20. The van der Waals surface area contributed by atoms with E-state index in [-0.39, 0.29) is 0 Å². The Morgan fingerprint density at radius 1 is 1.50 bits per heavy atom. The van der Waals surface area contributed by atoms with E-state index in [4.69, 9.17) is 11.6 Å². The van der Waals surface area contributed by atoms with Crippen LogP contribution < -0.4 is 5.32 Å². The van der Waals surface area contributed by atoms with Gasteiger partial charge in [0.2, 0.25) is 5.28 Å². The second kappa shape index (κ2) is 4.28. The maximum absolute atomic E-state index is 5.73. The van der Waals surface area contributed by atoms with Gasteiger partial charge in [0.25, 0.3) is 0 Å². The molecule has 1 aliphatic rings. The van der Waals surface area contributed by atoms with Crippen molar-refractivity contribution >= 4 is 11.6 Å². The van der Waals surface area contributed by atoms with E-state index in [1.807, 2.05) is 7.05 Å². The summed E-state index contributed by atoms with van der Waals surface area (Å²) in [5.74, 6) is 1.73. The molecule has 0 saturated carbocycles. The predicted molar refractivity (Wildman–Crippen MR) is 55.3 cm³/mol. The molecular weight excluding hydrogens is 200 g/mol. The van der Waals surface area contributed by atoms with E-state index < -0.39 is 0 Å². The number of nitrogens with one attached hydrogen (secondary N) is 1. The van der Waals surface area contributed by atoms with Crippen LogP contribution in [0.25, 0.3) is 0 Å². The zero-order valence-electron chi connectivity index (χ0n) is 8.33. The molecule has 0 bridgehead atoms. The van der Waals surface area contributed by atoms with Crippen LogP contribution in [0.2, 0.25) is 5.28 Å². The van der Waals surface area contributed by atoms with Crippen LogP contribution in [-0.4, -0.2) is 27.9 Å². The maximum atomic E-state index is 5.73. The van der Waals surface area contributed by atoms with Gasteiger partial charge in [-0.3, -0.25) is 4.68 Å². The molecule has 1 saturated heterocycles. The van der Waals surface area contributed by atoms with Gasteiger partial charge in [0.05, 0.1) is 0 Å². The van der Waals surface area contributed by atoms with Crippen molar-refractivity contribution in [3.05, 3.63) is 11.1 Å². The van der Waals surface area contributed by atoms with E-state index in [1.165, 1.54) is 12.8 Å². The predicted octanol–water partition coefficient (Wildman–Crippen LogP) is 1.01. The molecule has 5 heteroatoms. The second-order valence-corrected chi connectivity index (χ2v) is 4.16. The van der Waals surface area contributed by atoms with Crippen LogP contribution in [0.1, 0.15) is 18.7 Å². The Morgan fingerprint density at radius 2 is 2.21 bits per heavy atom. The Balaban J connectivity index is 1.98. The van der Waals surface area contributed by atoms with Crippen LogP contribution in [-0.2, 0) is 13.5 Å². The Morgan fingerprint density at radius 3 is 2.79 bits per heavy atom. The van der Waals surface area contributed by atoms with Crippen molar-refractivity contribution in [1.82, 2.24) is 20.1 Å². The Hall–Kier alpha value is -0.610. The molecule has 0 unspecified atom stereocenters. The average Bonchev–Trinajstić information content (AvgIpc) is 2.47. The Kier molecular flexibility index (Phi) is 3.03. The molecule has 1 aromatic heterocycles. The van der Waals surface area contributed by atoms with Crippen LogP contribution in [0, 0.1) is 5.92 Å². The Labute approximate surface area is 88.7 Å². The molecule has 0 atom stereocenters. The molecule has 2 rings (SSSR count). The molecule has 1 aromatic rings. The maximum Gasteiger partial charge on any atom is 0.242 e. The fourth-order valence-corrected chi connectivity index (χ4v) is 2.12. The summed E-state index contributed by atoms with van der Waals surface area (Å²) in [5.41, 5.74) is 0. The smallest absolute Gasteiger partial charge is 0.242 e. The van der Waals surface area contributed by atoms with Crippen molar-refractivity contribution in [2.24, 2.45) is 13.0 Å². The fourth-order valence-electron chi connectivity index (χ4n) is 1.90. The molecule has 0 radical (unpaired) electrons. The highest BCUT2D eigenvalue weighted by molar-refractivity contribution is 6.28. The van der Waals surface area contributed by atoms with E-state index >= 15 is 0 Å². The minimum Gasteiger partial charge on any atom is -0.317 e. The summed E-state index contributed by atoms with van der Waals surface area (Å²) in [6, 6.07) is 0. The first-order valence-electron chi connectivity index (χ1n) is 5.02. The normalized spacial score (nSPS) is 18.7. The number of nitrogens with zero attached hydrogens (tertiary/aromatic N) is 3. The van der Waals surface area contributed by atoms with Crippen molar-refractivity contribution < 1.29 is 0 Å². The SMILES string of the molecule is Cn1nc(Cl)nc1CC1CCNCC1. The molecule has 0 amide bonds. The molecule has 78 valence electrons. The van der Waals surface area contributed by atoms with Gasteiger partial charge in [-0.05, 0) is 43.5 Å². The van der Waals surface area contributed by atoms with Gasteiger partial charge >= 0.3 is 0 Å². The standard InChI is InChI=1S/C9H15ClN4/c1-14-8(12-9(10)13-14)6-7-2-4-11-5-3-7/h7,11H,2-6H2,1H3. The first-order valence-corrected chi connectivity index (χ1v) is 5.39. The summed E-state index contributed by atoms with van der Waals surface area (Å²) in [5, 5.41) is 7.74. The minimum atomic E-state index is 0.358. The number of hydrogen-bond donors (Lipinski definition) is 1. The van der Waals surface area contributed by atoms with E-state index in [0.717, 1.165) is 31.3 Å². The topological polar surface area (TPSA) is 42.7 Å². The van der Waals surface area contributed by atoms with Gasteiger partial charge in [0.15, 0.2) is 0 Å². The number of rotatable bonds is 2. The molecule has 4 nitrogen and oxygen atoms in total. The van der Waals surface area contributed by atoms with Gasteiger partial charge in [0.1, 0.15) is 5.82 Å². The number of piperidine rings is 1. The zero-order valence-corrected chi connectivity index (χ0v) is 9.09. The highest BCUT2D eigenvalue weighted by Crippen LogP contribution is 2.17. The van der Waals surface area contributed by atoms with Crippen LogP contribution in [0.4, 0.5) is 0 Å². The lowest BCUT2D eigenvalue weighted by atomic mass is 9.94. The summed E-state index contributed by atoms with van der Waals surface area (Å²) in [6.45, 7) is 2.24. The van der Waals surface area contributed by atoms with Crippen molar-refractivity contribution in [3.63, 3.8) is 0 Å². The molecule has 2 heterocycles. The summed E-state index contributed by atoms with van der Waals surface area (Å²) in [7, 11) is 1.90. The van der Waals surface area contributed by atoms with Crippen LogP contribution >= 0.6 is 11.6 Å². The third-order valence-corrected chi connectivity index (χ3v) is 2.92. The van der Waals surface area contributed by atoms with E-state index in [9.17, 15) is 0 Å². The molecule has 1 N–H and O–H groups in total. The van der Waals surface area contributed by atoms with E-state index in [0.29, 0.717) is 5.28 Å². The van der Waals surface area contributed by atoms with Gasteiger partial charge in [-0.15, -0.1) is 5.10 Å². The fraction of sp³-hybridized carbons (Fsp3) is 0.778. The van der Waals surface area contributed by atoms with Gasteiger partial charge in [0, 0.05) is 13.5 Å². The highest BCUT2D eigenvalue weighted by Gasteiger charge is 2.16. The summed E-state index contributed by atoms with van der Waals surface area (Å²) < 4.78 is 1.78. The van der Waals surface area contributed by atoms with Gasteiger partial charge in [-0.2, -0.15) is 0 Å². The van der Waals surface area contributed by atoms with Crippen molar-refractivity contribution in [2.45, 2.75) is 19.3 Å². The number of aryl methyl sites for hydroxylation is 1. The number of halogens is 1. The number of aromatic nitrogens is 3. The van der Waals surface area contributed by atoms with Gasteiger partial charge in [-0.1, -0.05) is 0 Å². The third-order valence-electron chi connectivity index (χ3n) is 2.76. The molecule has 0 spiro atoms. The quantitative estimate of drug-likeness (QED) is 0.799. The lowest BCUT2D eigenvalue weighted by molar-refractivity contribution is 0.363. The average molecular weight is 215 g/mol. The Bertz CT molecular complexity index is 304. The van der Waals surface area contributed by atoms with Crippen LogP contribution in [0.3, 0.4) is 0 Å². The number of hydrogen-bond acceptors (Lipinski definition) is 3. The lowest BCUT2D eigenvalue weighted by Gasteiger charge is -2.21. The summed E-state index contributed by atoms with van der Waals surface area (Å²) in [6.07, 6.45) is 3.45.